The van der Waals surface area contributed by atoms with Gasteiger partial charge < -0.3 is 5.11 Å². The first-order valence-electron chi connectivity index (χ1n) is 5.26. The lowest BCUT2D eigenvalue weighted by Crippen LogP contribution is -2.27. The van der Waals surface area contributed by atoms with Gasteiger partial charge in [-0.05, 0) is 44.0 Å². The fourth-order valence-electron chi connectivity index (χ4n) is 1.60. The summed E-state index contributed by atoms with van der Waals surface area (Å²) in [4.78, 5) is 11.2. The van der Waals surface area contributed by atoms with Gasteiger partial charge in [0.15, 0.2) is 9.84 Å². The number of aliphatic carboxylic acids is 1. The molecule has 0 fully saturated rings. The molecule has 6 heteroatoms. The Morgan fingerprint density at radius 3 is 2.39 bits per heavy atom. The van der Waals surface area contributed by atoms with E-state index in [1.165, 1.54) is 18.2 Å². The summed E-state index contributed by atoms with van der Waals surface area (Å²) in [5.41, 5.74) is -0.623. The molecule has 100 valence electrons. The molecule has 0 bridgehead atoms. The molecule has 0 atom stereocenters. The standard InChI is InChI=1S/C12H15ClO4S/c1-12(2,11(14)15)7-8-6-9(13)4-5-10(8)18(3,16)17/h4-6H,7H2,1-3H3,(H,14,15). The Hall–Kier alpha value is -1.07. The first kappa shape index (κ1) is 15.0. The Kier molecular flexibility index (Phi) is 4.08. The van der Waals surface area contributed by atoms with Gasteiger partial charge >= 0.3 is 5.97 Å². The van der Waals surface area contributed by atoms with Crippen LogP contribution in [-0.4, -0.2) is 25.7 Å². The van der Waals surface area contributed by atoms with E-state index in [1.54, 1.807) is 13.8 Å². The van der Waals surface area contributed by atoms with E-state index in [1.807, 2.05) is 0 Å². The summed E-state index contributed by atoms with van der Waals surface area (Å²) in [6, 6.07) is 4.39. The van der Waals surface area contributed by atoms with Crippen LogP contribution >= 0.6 is 11.6 Å². The van der Waals surface area contributed by atoms with Crippen LogP contribution < -0.4 is 0 Å². The first-order valence-corrected chi connectivity index (χ1v) is 7.53. The van der Waals surface area contributed by atoms with Crippen LogP contribution in [-0.2, 0) is 21.1 Å². The number of carboxylic acids is 1. The molecule has 1 N–H and O–H groups in total. The Morgan fingerprint density at radius 2 is 1.94 bits per heavy atom. The van der Waals surface area contributed by atoms with Gasteiger partial charge in [-0.1, -0.05) is 11.6 Å². The summed E-state index contributed by atoms with van der Waals surface area (Å²) in [5, 5.41) is 9.47. The van der Waals surface area contributed by atoms with E-state index in [0.717, 1.165) is 6.26 Å². The number of rotatable bonds is 4. The van der Waals surface area contributed by atoms with E-state index in [-0.39, 0.29) is 11.3 Å². The second kappa shape index (κ2) is 4.90. The highest BCUT2D eigenvalue weighted by Crippen LogP contribution is 2.28. The first-order chi connectivity index (χ1) is 8.04. The molecular formula is C12H15ClO4S. The summed E-state index contributed by atoms with van der Waals surface area (Å²) >= 11 is 5.83. The van der Waals surface area contributed by atoms with Gasteiger partial charge in [-0.25, -0.2) is 8.42 Å². The van der Waals surface area contributed by atoms with E-state index in [0.29, 0.717) is 10.6 Å². The third-order valence-corrected chi connectivity index (χ3v) is 4.07. The lowest BCUT2D eigenvalue weighted by atomic mass is 9.86. The number of carboxylic acid groups (broad SMARTS) is 1. The van der Waals surface area contributed by atoms with Crippen molar-refractivity contribution >= 4 is 27.4 Å². The van der Waals surface area contributed by atoms with Gasteiger partial charge in [0.05, 0.1) is 10.3 Å². The van der Waals surface area contributed by atoms with E-state index in [2.05, 4.69) is 0 Å². The minimum atomic E-state index is -3.40. The van der Waals surface area contributed by atoms with Crippen molar-refractivity contribution in [1.82, 2.24) is 0 Å². The predicted octanol–water partition coefficient (Wildman–Crippen LogP) is 2.40. The topological polar surface area (TPSA) is 71.4 Å². The van der Waals surface area contributed by atoms with Crippen LogP contribution in [0, 0.1) is 5.41 Å². The molecule has 0 amide bonds. The molecule has 1 rings (SSSR count). The fraction of sp³-hybridized carbons (Fsp3) is 0.417. The molecule has 0 aliphatic rings. The van der Waals surface area contributed by atoms with Crippen molar-refractivity contribution in [3.05, 3.63) is 28.8 Å². The molecule has 0 unspecified atom stereocenters. The van der Waals surface area contributed by atoms with Gasteiger partial charge in [-0.2, -0.15) is 0 Å². The third-order valence-electron chi connectivity index (χ3n) is 2.63. The van der Waals surface area contributed by atoms with Gasteiger partial charge in [-0.15, -0.1) is 0 Å². The summed E-state index contributed by atoms with van der Waals surface area (Å²) in [6.45, 7) is 3.09. The maximum Gasteiger partial charge on any atom is 0.309 e. The number of hydrogen-bond acceptors (Lipinski definition) is 3. The van der Waals surface area contributed by atoms with Crippen molar-refractivity contribution in [3.63, 3.8) is 0 Å². The molecule has 0 aromatic heterocycles. The molecule has 1 aromatic rings. The average Bonchev–Trinajstić information content (AvgIpc) is 2.14. The van der Waals surface area contributed by atoms with Crippen molar-refractivity contribution in [2.24, 2.45) is 5.41 Å². The van der Waals surface area contributed by atoms with Crippen LogP contribution in [0.1, 0.15) is 19.4 Å². The maximum absolute atomic E-state index is 11.6. The summed E-state index contributed by atoms with van der Waals surface area (Å²) in [5.74, 6) is -0.984. The SMILES string of the molecule is CC(C)(Cc1cc(Cl)ccc1S(C)(=O)=O)C(=O)O. The van der Waals surface area contributed by atoms with E-state index in [9.17, 15) is 13.2 Å². The molecule has 0 spiro atoms. The summed E-state index contributed by atoms with van der Waals surface area (Å²) < 4.78 is 23.3. The number of carbonyl (C=O) groups is 1. The van der Waals surface area contributed by atoms with E-state index in [4.69, 9.17) is 16.7 Å². The highest BCUT2D eigenvalue weighted by Gasteiger charge is 2.29. The van der Waals surface area contributed by atoms with Crippen LogP contribution in [0.25, 0.3) is 0 Å². The normalized spacial score (nSPS) is 12.4. The van der Waals surface area contributed by atoms with Crippen molar-refractivity contribution in [2.45, 2.75) is 25.2 Å². The lowest BCUT2D eigenvalue weighted by Gasteiger charge is -2.20. The Bertz CT molecular complexity index is 576. The summed E-state index contributed by atoms with van der Waals surface area (Å²) in [6.07, 6.45) is 1.19. The zero-order chi connectivity index (χ0) is 14.1. The highest BCUT2D eigenvalue weighted by atomic mass is 35.5. The highest BCUT2D eigenvalue weighted by molar-refractivity contribution is 7.90. The van der Waals surface area contributed by atoms with Crippen molar-refractivity contribution in [3.8, 4) is 0 Å². The zero-order valence-corrected chi connectivity index (χ0v) is 12.0. The molecule has 0 saturated heterocycles. The zero-order valence-electron chi connectivity index (χ0n) is 10.4. The second-order valence-electron chi connectivity index (χ2n) is 4.89. The van der Waals surface area contributed by atoms with Gasteiger partial charge in [0.25, 0.3) is 0 Å². The van der Waals surface area contributed by atoms with Gasteiger partial charge in [0, 0.05) is 11.3 Å². The van der Waals surface area contributed by atoms with Crippen LogP contribution in [0.4, 0.5) is 0 Å². The number of benzene rings is 1. The molecular weight excluding hydrogens is 276 g/mol. The van der Waals surface area contributed by atoms with Gasteiger partial charge in [-0.3, -0.25) is 4.79 Å². The fourth-order valence-corrected chi connectivity index (χ4v) is 2.72. The third kappa shape index (κ3) is 3.46. The van der Waals surface area contributed by atoms with Crippen molar-refractivity contribution in [2.75, 3.05) is 6.26 Å². The second-order valence-corrected chi connectivity index (χ2v) is 7.31. The maximum atomic E-state index is 11.6. The molecule has 1 aromatic carbocycles. The van der Waals surface area contributed by atoms with Crippen LogP contribution in [0.15, 0.2) is 23.1 Å². The molecule has 0 aliphatic heterocycles. The lowest BCUT2D eigenvalue weighted by molar-refractivity contribution is -0.146. The minimum absolute atomic E-state index is 0.102. The van der Waals surface area contributed by atoms with Crippen LogP contribution in [0.5, 0.6) is 0 Å². The number of halogens is 1. The Morgan fingerprint density at radius 1 is 1.39 bits per heavy atom. The van der Waals surface area contributed by atoms with Gasteiger partial charge in [0.2, 0.25) is 0 Å². The smallest absolute Gasteiger partial charge is 0.309 e. The Balaban J connectivity index is 3.32. The molecule has 4 nitrogen and oxygen atoms in total. The minimum Gasteiger partial charge on any atom is -0.481 e. The number of sulfone groups is 1. The molecule has 0 saturated carbocycles. The Labute approximate surface area is 112 Å². The largest absolute Gasteiger partial charge is 0.481 e. The monoisotopic (exact) mass is 290 g/mol. The number of hydrogen-bond donors (Lipinski definition) is 1. The van der Waals surface area contributed by atoms with Crippen LogP contribution in [0.3, 0.4) is 0 Å². The van der Waals surface area contributed by atoms with Gasteiger partial charge in [0.1, 0.15) is 0 Å². The van der Waals surface area contributed by atoms with Crippen LogP contribution in [0.2, 0.25) is 5.02 Å². The van der Waals surface area contributed by atoms with E-state index < -0.39 is 21.2 Å². The molecule has 18 heavy (non-hydrogen) atoms. The molecule has 0 heterocycles. The predicted molar refractivity (Wildman–Crippen MR) is 69.7 cm³/mol. The van der Waals surface area contributed by atoms with E-state index >= 15 is 0 Å². The quantitative estimate of drug-likeness (QED) is 0.924. The summed E-state index contributed by atoms with van der Waals surface area (Å²) in [7, 11) is -3.40. The average molecular weight is 291 g/mol. The molecule has 0 aliphatic carbocycles. The molecule has 0 radical (unpaired) electrons. The van der Waals surface area contributed by atoms with Crippen molar-refractivity contribution < 1.29 is 18.3 Å². The van der Waals surface area contributed by atoms with Crippen molar-refractivity contribution in [1.29, 1.82) is 0 Å².